The topological polar surface area (TPSA) is 101 Å². The van der Waals surface area contributed by atoms with Gasteiger partial charge in [-0.05, 0) is 36.2 Å². The van der Waals surface area contributed by atoms with E-state index in [2.05, 4.69) is 46.0 Å². The van der Waals surface area contributed by atoms with E-state index in [-0.39, 0.29) is 11.6 Å². The zero-order valence-electron chi connectivity index (χ0n) is 15.1. The van der Waals surface area contributed by atoms with E-state index in [4.69, 9.17) is 5.73 Å². The number of benzene rings is 1. The molecular formula is C21H20BrN5. The largest absolute Gasteiger partial charge is 0.399 e. The number of nitrogens with zero attached hydrogens (tertiary/aromatic N) is 4. The van der Waals surface area contributed by atoms with Crippen LogP contribution in [-0.4, -0.2) is 24.5 Å². The second kappa shape index (κ2) is 7.57. The SMILES string of the molecule is CCCN1CC=C2C(C#N)=C(N)C(C#N)(C#N)[C@@H](c3cccc(Br)c3)[C@H]2C1. The van der Waals surface area contributed by atoms with Crippen LogP contribution < -0.4 is 5.73 Å². The Morgan fingerprint density at radius 3 is 2.63 bits per heavy atom. The van der Waals surface area contributed by atoms with Crippen molar-refractivity contribution in [2.75, 3.05) is 19.6 Å². The first-order chi connectivity index (χ1) is 13.0. The van der Waals surface area contributed by atoms with Crippen LogP contribution in [0.3, 0.4) is 0 Å². The van der Waals surface area contributed by atoms with Crippen LogP contribution in [-0.2, 0) is 0 Å². The van der Waals surface area contributed by atoms with Crippen molar-refractivity contribution in [2.45, 2.75) is 19.3 Å². The van der Waals surface area contributed by atoms with Crippen LogP contribution in [0.25, 0.3) is 0 Å². The van der Waals surface area contributed by atoms with Gasteiger partial charge in [0.2, 0.25) is 0 Å². The Morgan fingerprint density at radius 1 is 1.30 bits per heavy atom. The molecule has 0 radical (unpaired) electrons. The average molecular weight is 422 g/mol. The number of allylic oxidation sites excluding steroid dienone is 2. The second-order valence-corrected chi connectivity index (χ2v) is 7.91. The lowest BCUT2D eigenvalue weighted by molar-refractivity contribution is 0.207. The Kier molecular flexibility index (Phi) is 5.38. The molecule has 0 amide bonds. The Hall–Kier alpha value is -2.59. The van der Waals surface area contributed by atoms with Crippen LogP contribution in [0.2, 0.25) is 0 Å². The summed E-state index contributed by atoms with van der Waals surface area (Å²) in [5, 5.41) is 29.8. The first-order valence-corrected chi connectivity index (χ1v) is 9.72. The monoisotopic (exact) mass is 421 g/mol. The van der Waals surface area contributed by atoms with Crippen molar-refractivity contribution >= 4 is 15.9 Å². The highest BCUT2D eigenvalue weighted by molar-refractivity contribution is 9.10. The third kappa shape index (κ3) is 3.04. The van der Waals surface area contributed by atoms with Crippen molar-refractivity contribution in [1.29, 1.82) is 15.8 Å². The number of nitriles is 3. The van der Waals surface area contributed by atoms with E-state index in [0.717, 1.165) is 35.1 Å². The molecule has 0 fully saturated rings. The average Bonchev–Trinajstić information content (AvgIpc) is 2.67. The predicted octanol–water partition coefficient (Wildman–Crippen LogP) is 3.58. The Balaban J connectivity index is 2.27. The van der Waals surface area contributed by atoms with Gasteiger partial charge in [-0.3, -0.25) is 4.90 Å². The van der Waals surface area contributed by atoms with Gasteiger partial charge in [0.25, 0.3) is 0 Å². The zero-order valence-corrected chi connectivity index (χ0v) is 16.7. The van der Waals surface area contributed by atoms with Gasteiger partial charge in [0, 0.05) is 29.4 Å². The summed E-state index contributed by atoms with van der Waals surface area (Å²) in [5.41, 5.74) is 6.85. The van der Waals surface area contributed by atoms with Crippen LogP contribution >= 0.6 is 15.9 Å². The first-order valence-electron chi connectivity index (χ1n) is 8.93. The van der Waals surface area contributed by atoms with Gasteiger partial charge in [0.15, 0.2) is 5.41 Å². The van der Waals surface area contributed by atoms with Gasteiger partial charge in [-0.15, -0.1) is 0 Å². The molecule has 2 atom stereocenters. The highest BCUT2D eigenvalue weighted by Crippen LogP contribution is 2.54. The maximum Gasteiger partial charge on any atom is 0.191 e. The molecule has 0 unspecified atom stereocenters. The molecule has 6 heteroatoms. The lowest BCUT2D eigenvalue weighted by Crippen LogP contribution is -2.48. The van der Waals surface area contributed by atoms with Gasteiger partial charge >= 0.3 is 0 Å². The maximum absolute atomic E-state index is 10.0. The Bertz CT molecular complexity index is 927. The summed E-state index contributed by atoms with van der Waals surface area (Å²) >= 11 is 3.49. The van der Waals surface area contributed by atoms with Gasteiger partial charge in [-0.1, -0.05) is 41.1 Å². The highest BCUT2D eigenvalue weighted by atomic mass is 79.9. The molecule has 3 rings (SSSR count). The smallest absolute Gasteiger partial charge is 0.191 e. The second-order valence-electron chi connectivity index (χ2n) is 6.99. The molecule has 0 aromatic heterocycles. The van der Waals surface area contributed by atoms with E-state index in [0.29, 0.717) is 12.1 Å². The van der Waals surface area contributed by atoms with Crippen molar-refractivity contribution in [3.63, 3.8) is 0 Å². The van der Waals surface area contributed by atoms with E-state index in [1.807, 2.05) is 30.3 Å². The predicted molar refractivity (Wildman–Crippen MR) is 106 cm³/mol. The molecule has 136 valence electrons. The molecule has 1 aliphatic heterocycles. The summed E-state index contributed by atoms with van der Waals surface area (Å²) in [5.74, 6) is -0.575. The number of halogens is 1. The quantitative estimate of drug-likeness (QED) is 0.803. The lowest BCUT2D eigenvalue weighted by Gasteiger charge is -2.45. The molecule has 1 aromatic rings. The van der Waals surface area contributed by atoms with E-state index < -0.39 is 11.3 Å². The molecule has 0 saturated heterocycles. The molecule has 2 aliphatic rings. The van der Waals surface area contributed by atoms with Gasteiger partial charge in [-0.2, -0.15) is 15.8 Å². The first kappa shape index (κ1) is 19.2. The van der Waals surface area contributed by atoms with Gasteiger partial charge < -0.3 is 5.73 Å². The minimum atomic E-state index is -1.57. The summed E-state index contributed by atoms with van der Waals surface area (Å²) in [6.07, 6.45) is 3.06. The molecule has 0 saturated carbocycles. The maximum atomic E-state index is 10.0. The standard InChI is InChI=1S/C21H20BrN5/c1-2-7-27-8-6-16-17(10-23)20(26)21(12-24,13-25)19(18(16)11-27)14-4-3-5-15(22)9-14/h3-6,9,18-19H,2,7-8,11,26H2,1H3/t18-,19-/m0/s1. The summed E-state index contributed by atoms with van der Waals surface area (Å²) in [7, 11) is 0. The van der Waals surface area contributed by atoms with Crippen molar-refractivity contribution < 1.29 is 0 Å². The minimum Gasteiger partial charge on any atom is -0.399 e. The zero-order chi connectivity index (χ0) is 19.6. The number of nitrogens with two attached hydrogens (primary N) is 1. The van der Waals surface area contributed by atoms with Crippen molar-refractivity contribution in [3.8, 4) is 18.2 Å². The number of fused-ring (bicyclic) bond motifs is 1. The van der Waals surface area contributed by atoms with Gasteiger partial charge in [0.1, 0.15) is 6.07 Å². The fraction of sp³-hybridized carbons (Fsp3) is 0.381. The molecule has 1 heterocycles. The summed E-state index contributed by atoms with van der Waals surface area (Å²) < 4.78 is 0.880. The highest BCUT2D eigenvalue weighted by Gasteiger charge is 2.54. The van der Waals surface area contributed by atoms with Crippen LogP contribution in [0.1, 0.15) is 24.8 Å². The van der Waals surface area contributed by atoms with Gasteiger partial charge in [-0.25, -0.2) is 0 Å². The molecular weight excluding hydrogens is 402 g/mol. The molecule has 27 heavy (non-hydrogen) atoms. The summed E-state index contributed by atoms with van der Waals surface area (Å²) in [4.78, 5) is 2.30. The number of hydrogen-bond acceptors (Lipinski definition) is 5. The van der Waals surface area contributed by atoms with E-state index in [9.17, 15) is 15.8 Å². The van der Waals surface area contributed by atoms with Crippen molar-refractivity contribution in [2.24, 2.45) is 17.1 Å². The molecule has 0 spiro atoms. The van der Waals surface area contributed by atoms with Gasteiger partial charge in [0.05, 0.1) is 23.4 Å². The van der Waals surface area contributed by atoms with Crippen molar-refractivity contribution in [1.82, 2.24) is 4.90 Å². The third-order valence-corrected chi connectivity index (χ3v) is 5.98. The third-order valence-electron chi connectivity index (χ3n) is 5.49. The fourth-order valence-electron chi connectivity index (χ4n) is 4.31. The molecule has 5 nitrogen and oxygen atoms in total. The number of rotatable bonds is 3. The van der Waals surface area contributed by atoms with E-state index in [1.165, 1.54) is 0 Å². The van der Waals surface area contributed by atoms with E-state index in [1.54, 1.807) is 0 Å². The normalized spacial score (nSPS) is 24.2. The fourth-order valence-corrected chi connectivity index (χ4v) is 4.73. The Labute approximate surface area is 168 Å². The van der Waals surface area contributed by atoms with Crippen LogP contribution in [0.4, 0.5) is 0 Å². The van der Waals surface area contributed by atoms with Crippen molar-refractivity contribution in [3.05, 3.63) is 57.2 Å². The molecule has 1 aliphatic carbocycles. The molecule has 0 bridgehead atoms. The summed E-state index contributed by atoms with van der Waals surface area (Å²) in [6, 6.07) is 14.2. The molecule has 2 N–H and O–H groups in total. The van der Waals surface area contributed by atoms with E-state index >= 15 is 0 Å². The lowest BCUT2D eigenvalue weighted by atomic mass is 9.58. The number of hydrogen-bond donors (Lipinski definition) is 1. The van der Waals surface area contributed by atoms with Crippen LogP contribution in [0.15, 0.2) is 51.7 Å². The minimum absolute atomic E-state index is 0.0754. The van der Waals surface area contributed by atoms with Crippen LogP contribution in [0, 0.1) is 45.3 Å². The van der Waals surface area contributed by atoms with Crippen LogP contribution in [0.5, 0.6) is 0 Å². The Morgan fingerprint density at radius 2 is 2.04 bits per heavy atom. The molecule has 1 aromatic carbocycles. The summed E-state index contributed by atoms with van der Waals surface area (Å²) in [6.45, 7) is 4.49.